The summed E-state index contributed by atoms with van der Waals surface area (Å²) in [5, 5.41) is 3.00. The van der Waals surface area contributed by atoms with Gasteiger partial charge in [0.2, 0.25) is 11.8 Å². The van der Waals surface area contributed by atoms with Gasteiger partial charge >= 0.3 is 0 Å². The molecule has 30 heavy (non-hydrogen) atoms. The Balaban J connectivity index is 1.33. The van der Waals surface area contributed by atoms with E-state index < -0.39 is 0 Å². The van der Waals surface area contributed by atoms with E-state index in [1.165, 1.54) is 0 Å². The predicted molar refractivity (Wildman–Crippen MR) is 117 cm³/mol. The Bertz CT molecular complexity index is 1010. The number of rotatable bonds is 6. The van der Waals surface area contributed by atoms with E-state index in [-0.39, 0.29) is 17.9 Å². The molecular weight excluding hydrogens is 376 g/mol. The monoisotopic (exact) mass is 400 g/mol. The number of methoxy groups -OCH3 is 1. The molecule has 5 nitrogen and oxygen atoms in total. The summed E-state index contributed by atoms with van der Waals surface area (Å²) in [6, 6.07) is 25.3. The van der Waals surface area contributed by atoms with E-state index in [2.05, 4.69) is 17.4 Å². The third-order valence-electron chi connectivity index (χ3n) is 5.30. The summed E-state index contributed by atoms with van der Waals surface area (Å²) >= 11 is 0. The van der Waals surface area contributed by atoms with Crippen LogP contribution < -0.4 is 15.0 Å². The summed E-state index contributed by atoms with van der Waals surface area (Å²) in [6.07, 6.45) is 0.604. The Labute approximate surface area is 176 Å². The molecule has 1 aliphatic heterocycles. The minimum atomic E-state index is -0.185. The fourth-order valence-electron chi connectivity index (χ4n) is 3.73. The summed E-state index contributed by atoms with van der Waals surface area (Å²) < 4.78 is 5.16. The molecule has 5 heteroatoms. The van der Waals surface area contributed by atoms with E-state index >= 15 is 0 Å². The quantitative estimate of drug-likeness (QED) is 0.684. The molecular formula is C25H24N2O3. The van der Waals surface area contributed by atoms with Crippen LogP contribution >= 0.6 is 0 Å². The van der Waals surface area contributed by atoms with E-state index in [0.29, 0.717) is 19.4 Å². The largest absolute Gasteiger partial charge is 0.497 e. The SMILES string of the molecule is COc1ccc(N2C[C@@H](NC(=O)Cc3ccc(-c4ccccc4)cc3)CC2=O)cc1. The maximum absolute atomic E-state index is 12.5. The number of ether oxygens (including phenoxy) is 1. The highest BCUT2D eigenvalue weighted by Gasteiger charge is 2.31. The van der Waals surface area contributed by atoms with Gasteiger partial charge in [0.25, 0.3) is 0 Å². The van der Waals surface area contributed by atoms with Crippen LogP contribution in [0.3, 0.4) is 0 Å². The van der Waals surface area contributed by atoms with Gasteiger partial charge in [-0.05, 0) is 41.0 Å². The Kier molecular flexibility index (Phi) is 5.80. The molecule has 0 aromatic heterocycles. The fraction of sp³-hybridized carbons (Fsp3) is 0.200. The van der Waals surface area contributed by atoms with Gasteiger partial charge in [0.05, 0.1) is 19.6 Å². The molecule has 4 rings (SSSR count). The summed E-state index contributed by atoms with van der Waals surface area (Å²) in [5.41, 5.74) is 4.03. The van der Waals surface area contributed by atoms with E-state index in [0.717, 1.165) is 28.1 Å². The molecule has 0 aliphatic carbocycles. The second kappa shape index (κ2) is 8.82. The minimum Gasteiger partial charge on any atom is -0.497 e. The lowest BCUT2D eigenvalue weighted by Crippen LogP contribution is -2.38. The van der Waals surface area contributed by atoms with E-state index in [1.807, 2.05) is 66.7 Å². The molecule has 0 radical (unpaired) electrons. The molecule has 1 heterocycles. The molecule has 152 valence electrons. The molecule has 1 saturated heterocycles. The number of carbonyl (C=O) groups is 2. The fourth-order valence-corrected chi connectivity index (χ4v) is 3.73. The molecule has 2 amide bonds. The molecule has 0 saturated carbocycles. The Hall–Kier alpha value is -3.60. The standard InChI is InChI=1S/C25H24N2O3/c1-30-23-13-11-22(12-14-23)27-17-21(16-25(27)29)26-24(28)15-18-7-9-20(10-8-18)19-5-3-2-4-6-19/h2-14,21H,15-17H2,1H3,(H,26,28)/t21-/m0/s1. The highest BCUT2D eigenvalue weighted by molar-refractivity contribution is 5.97. The van der Waals surface area contributed by atoms with Crippen molar-refractivity contribution in [3.05, 3.63) is 84.4 Å². The van der Waals surface area contributed by atoms with Gasteiger partial charge < -0.3 is 15.0 Å². The van der Waals surface area contributed by atoms with E-state index in [1.54, 1.807) is 12.0 Å². The average molecular weight is 400 g/mol. The van der Waals surface area contributed by atoms with Crippen LogP contribution in [0.1, 0.15) is 12.0 Å². The van der Waals surface area contributed by atoms with E-state index in [9.17, 15) is 9.59 Å². The molecule has 1 fully saturated rings. The normalized spacial score (nSPS) is 15.8. The first kappa shape index (κ1) is 19.7. The number of amides is 2. The molecule has 1 N–H and O–H groups in total. The van der Waals surface area contributed by atoms with Crippen molar-refractivity contribution in [1.82, 2.24) is 5.32 Å². The maximum atomic E-state index is 12.5. The second-order valence-corrected chi connectivity index (χ2v) is 7.41. The van der Waals surface area contributed by atoms with Gasteiger partial charge in [-0.2, -0.15) is 0 Å². The zero-order chi connectivity index (χ0) is 20.9. The van der Waals surface area contributed by atoms with Gasteiger partial charge in [0, 0.05) is 18.7 Å². The molecule has 1 aliphatic rings. The zero-order valence-electron chi connectivity index (χ0n) is 16.9. The number of hydrogen-bond acceptors (Lipinski definition) is 3. The maximum Gasteiger partial charge on any atom is 0.229 e. The molecule has 3 aromatic rings. The third-order valence-corrected chi connectivity index (χ3v) is 5.30. The zero-order valence-corrected chi connectivity index (χ0v) is 16.9. The number of nitrogens with one attached hydrogen (secondary N) is 1. The Morgan fingerprint density at radius 2 is 1.63 bits per heavy atom. The van der Waals surface area contributed by atoms with Crippen LogP contribution in [-0.4, -0.2) is 31.5 Å². The van der Waals surface area contributed by atoms with Gasteiger partial charge in [-0.25, -0.2) is 0 Å². The summed E-state index contributed by atoms with van der Waals surface area (Å²) in [7, 11) is 1.61. The van der Waals surface area contributed by atoms with Crippen molar-refractivity contribution in [3.63, 3.8) is 0 Å². The van der Waals surface area contributed by atoms with Gasteiger partial charge in [0.1, 0.15) is 5.75 Å². The van der Waals surface area contributed by atoms with Gasteiger partial charge in [-0.1, -0.05) is 54.6 Å². The first-order valence-electron chi connectivity index (χ1n) is 10.0. The number of carbonyl (C=O) groups excluding carboxylic acids is 2. The topological polar surface area (TPSA) is 58.6 Å². The van der Waals surface area contributed by atoms with Gasteiger partial charge in [-0.3, -0.25) is 9.59 Å². The van der Waals surface area contributed by atoms with Gasteiger partial charge in [-0.15, -0.1) is 0 Å². The smallest absolute Gasteiger partial charge is 0.229 e. The highest BCUT2D eigenvalue weighted by atomic mass is 16.5. The van der Waals surface area contributed by atoms with Crippen molar-refractivity contribution < 1.29 is 14.3 Å². The van der Waals surface area contributed by atoms with Crippen LogP contribution in [0.2, 0.25) is 0 Å². The lowest BCUT2D eigenvalue weighted by Gasteiger charge is -2.17. The minimum absolute atomic E-state index is 0.0117. The summed E-state index contributed by atoms with van der Waals surface area (Å²) in [4.78, 5) is 26.6. The molecule has 0 bridgehead atoms. The Morgan fingerprint density at radius 1 is 0.967 bits per heavy atom. The molecule has 0 spiro atoms. The van der Waals surface area contributed by atoms with Crippen LogP contribution in [0.25, 0.3) is 11.1 Å². The number of hydrogen-bond donors (Lipinski definition) is 1. The van der Waals surface area contributed by atoms with Crippen molar-refractivity contribution in [2.75, 3.05) is 18.6 Å². The number of benzene rings is 3. The predicted octanol–water partition coefficient (Wildman–Crippen LogP) is 3.83. The summed E-state index contributed by atoms with van der Waals surface area (Å²) in [6.45, 7) is 0.476. The van der Waals surface area contributed by atoms with Crippen molar-refractivity contribution in [1.29, 1.82) is 0 Å². The van der Waals surface area contributed by atoms with Crippen molar-refractivity contribution in [2.24, 2.45) is 0 Å². The first-order valence-corrected chi connectivity index (χ1v) is 10.0. The lowest BCUT2D eigenvalue weighted by molar-refractivity contribution is -0.121. The number of anilines is 1. The van der Waals surface area contributed by atoms with Crippen LogP contribution in [0.4, 0.5) is 5.69 Å². The third kappa shape index (κ3) is 4.51. The number of nitrogens with zero attached hydrogens (tertiary/aromatic N) is 1. The van der Waals surface area contributed by atoms with Crippen molar-refractivity contribution >= 4 is 17.5 Å². The van der Waals surface area contributed by atoms with Crippen LogP contribution in [0, 0.1) is 0 Å². The van der Waals surface area contributed by atoms with Gasteiger partial charge in [0.15, 0.2) is 0 Å². The van der Waals surface area contributed by atoms with E-state index in [4.69, 9.17) is 4.74 Å². The van der Waals surface area contributed by atoms with Crippen LogP contribution in [-0.2, 0) is 16.0 Å². The Morgan fingerprint density at radius 3 is 2.30 bits per heavy atom. The van der Waals surface area contributed by atoms with Crippen LogP contribution in [0.15, 0.2) is 78.9 Å². The van der Waals surface area contributed by atoms with Crippen molar-refractivity contribution in [3.8, 4) is 16.9 Å². The molecule has 0 unspecified atom stereocenters. The van der Waals surface area contributed by atoms with Crippen LogP contribution in [0.5, 0.6) is 5.75 Å². The lowest BCUT2D eigenvalue weighted by atomic mass is 10.0. The molecule has 1 atom stereocenters. The summed E-state index contributed by atoms with van der Waals surface area (Å²) in [5.74, 6) is 0.683. The average Bonchev–Trinajstić information content (AvgIpc) is 3.14. The van der Waals surface area contributed by atoms with Crippen molar-refractivity contribution in [2.45, 2.75) is 18.9 Å². The molecule has 3 aromatic carbocycles. The first-order chi connectivity index (χ1) is 14.6. The highest BCUT2D eigenvalue weighted by Crippen LogP contribution is 2.24. The second-order valence-electron chi connectivity index (χ2n) is 7.41.